The van der Waals surface area contributed by atoms with Crippen LogP contribution in [0, 0.1) is 17.8 Å². The van der Waals surface area contributed by atoms with Gasteiger partial charge in [0.15, 0.2) is 0 Å². The smallest absolute Gasteiger partial charge is 0.252 e. The van der Waals surface area contributed by atoms with Gasteiger partial charge in [-0.05, 0) is 48.6 Å². The van der Waals surface area contributed by atoms with Gasteiger partial charge in [-0.3, -0.25) is 15.5 Å². The molecule has 1 aliphatic carbocycles. The lowest BCUT2D eigenvalue weighted by atomic mass is 9.66. The van der Waals surface area contributed by atoms with Crippen LogP contribution in [0.25, 0.3) is 0 Å². The Morgan fingerprint density at radius 2 is 2.12 bits per heavy atom. The van der Waals surface area contributed by atoms with Crippen molar-refractivity contribution in [3.8, 4) is 5.75 Å². The van der Waals surface area contributed by atoms with Crippen LogP contribution in [0.5, 0.6) is 5.75 Å². The summed E-state index contributed by atoms with van der Waals surface area (Å²) in [7, 11) is 0. The molecule has 0 spiro atoms. The minimum atomic E-state index is -1.32. The molecule has 6 heteroatoms. The summed E-state index contributed by atoms with van der Waals surface area (Å²) in [5.41, 5.74) is 1.49. The molecule has 0 bridgehead atoms. The van der Waals surface area contributed by atoms with E-state index in [1.165, 1.54) is 6.07 Å². The van der Waals surface area contributed by atoms with Gasteiger partial charge in [-0.25, -0.2) is 0 Å². The Bertz CT molecular complexity index is 605. The molecule has 0 unspecified atom stereocenters. The van der Waals surface area contributed by atoms with Crippen LogP contribution >= 0.6 is 0 Å². The summed E-state index contributed by atoms with van der Waals surface area (Å²) in [6.45, 7) is 6.53. The van der Waals surface area contributed by atoms with Gasteiger partial charge < -0.3 is 15.5 Å². The molecular weight excluding hydrogens is 320 g/mol. The summed E-state index contributed by atoms with van der Waals surface area (Å²) >= 11 is 0. The van der Waals surface area contributed by atoms with E-state index in [1.54, 1.807) is 12.1 Å². The molecule has 0 aliphatic heterocycles. The van der Waals surface area contributed by atoms with E-state index in [0.29, 0.717) is 25.3 Å². The van der Waals surface area contributed by atoms with Crippen molar-refractivity contribution in [1.29, 1.82) is 0 Å². The van der Waals surface area contributed by atoms with Crippen molar-refractivity contribution >= 4 is 11.6 Å². The van der Waals surface area contributed by atoms with Crippen molar-refractivity contribution in [1.82, 2.24) is 5.32 Å². The molecule has 2 rings (SSSR count). The third-order valence-electron chi connectivity index (χ3n) is 5.31. The Kier molecular flexibility index (Phi) is 6.30. The van der Waals surface area contributed by atoms with Crippen LogP contribution < -0.4 is 15.9 Å². The minimum absolute atomic E-state index is 0.0337. The molecule has 1 fully saturated rings. The van der Waals surface area contributed by atoms with Gasteiger partial charge in [-0.15, -0.1) is 0 Å². The fourth-order valence-electron chi connectivity index (χ4n) is 3.93. The van der Waals surface area contributed by atoms with Crippen LogP contribution in [-0.4, -0.2) is 28.4 Å². The van der Waals surface area contributed by atoms with Crippen molar-refractivity contribution < 1.29 is 20.2 Å². The maximum atomic E-state index is 12.7. The summed E-state index contributed by atoms with van der Waals surface area (Å²) in [6, 6.07) is 4.60. The molecule has 0 heterocycles. The van der Waals surface area contributed by atoms with Crippen LogP contribution in [0.3, 0.4) is 0 Å². The number of rotatable bonds is 6. The molecule has 1 aromatic rings. The summed E-state index contributed by atoms with van der Waals surface area (Å²) in [5.74, 6) is -0.0625. The lowest BCUT2D eigenvalue weighted by Crippen LogP contribution is -2.56. The first kappa shape index (κ1) is 19.5. The van der Waals surface area contributed by atoms with Gasteiger partial charge in [-0.1, -0.05) is 45.1 Å². The Labute approximate surface area is 149 Å². The van der Waals surface area contributed by atoms with E-state index >= 15 is 0 Å². The lowest BCUT2D eigenvalue weighted by molar-refractivity contribution is -0.267. The average Bonchev–Trinajstić information content (AvgIpc) is 2.55. The summed E-state index contributed by atoms with van der Waals surface area (Å²) < 4.78 is 0. The maximum Gasteiger partial charge on any atom is 0.252 e. The largest absolute Gasteiger partial charge is 0.871 e. The van der Waals surface area contributed by atoms with Gasteiger partial charge in [0.25, 0.3) is 5.91 Å². The predicted molar refractivity (Wildman–Crippen MR) is 94.3 cm³/mol. The topological polar surface area (TPSA) is 105 Å². The van der Waals surface area contributed by atoms with Gasteiger partial charge in [0.1, 0.15) is 5.60 Å². The predicted octanol–water partition coefficient (Wildman–Crippen LogP) is 2.04. The number of benzene rings is 1. The third-order valence-corrected chi connectivity index (χ3v) is 5.31. The third kappa shape index (κ3) is 4.44. The van der Waals surface area contributed by atoms with Gasteiger partial charge in [0.2, 0.25) is 0 Å². The Balaban J connectivity index is 1.98. The maximum absolute atomic E-state index is 12.7. The van der Waals surface area contributed by atoms with Crippen molar-refractivity contribution in [2.75, 3.05) is 12.0 Å². The molecule has 0 saturated heterocycles. The van der Waals surface area contributed by atoms with Crippen molar-refractivity contribution in [3.05, 3.63) is 23.8 Å². The molecular formula is C19H29N2O4-. The summed E-state index contributed by atoms with van der Waals surface area (Å²) in [5, 5.41) is 34.3. The molecule has 1 saturated carbocycles. The first-order valence-corrected chi connectivity index (χ1v) is 8.98. The Morgan fingerprint density at radius 1 is 1.40 bits per heavy atom. The van der Waals surface area contributed by atoms with Gasteiger partial charge in [0, 0.05) is 6.54 Å². The second kappa shape index (κ2) is 8.06. The van der Waals surface area contributed by atoms with Gasteiger partial charge >= 0.3 is 0 Å². The average molecular weight is 349 g/mol. The molecule has 140 valence electrons. The zero-order valence-corrected chi connectivity index (χ0v) is 15.2. The fraction of sp³-hybridized carbons (Fsp3) is 0.632. The molecule has 3 atom stereocenters. The van der Waals surface area contributed by atoms with Crippen LogP contribution in [0.2, 0.25) is 0 Å². The molecule has 0 aromatic heterocycles. The monoisotopic (exact) mass is 349 g/mol. The van der Waals surface area contributed by atoms with E-state index in [9.17, 15) is 15.0 Å². The SMILES string of the molecule is CC(C)[C@@H]1CC[C@@H](C)C[C@@]1(O)C(=O)NCCc1ccc([O-])c(NO)c1. The highest BCUT2D eigenvalue weighted by Crippen LogP contribution is 2.41. The highest BCUT2D eigenvalue weighted by atomic mass is 16.5. The number of anilines is 1. The zero-order valence-electron chi connectivity index (χ0n) is 15.2. The quantitative estimate of drug-likeness (QED) is 0.588. The zero-order chi connectivity index (χ0) is 18.6. The lowest BCUT2D eigenvalue weighted by Gasteiger charge is -2.43. The summed E-state index contributed by atoms with van der Waals surface area (Å²) in [4.78, 5) is 12.7. The molecule has 25 heavy (non-hydrogen) atoms. The van der Waals surface area contributed by atoms with Gasteiger partial charge in [-0.2, -0.15) is 0 Å². The first-order chi connectivity index (χ1) is 11.8. The van der Waals surface area contributed by atoms with Crippen molar-refractivity contribution in [3.63, 3.8) is 0 Å². The molecule has 1 aliphatic rings. The van der Waals surface area contributed by atoms with E-state index in [4.69, 9.17) is 5.21 Å². The van der Waals surface area contributed by atoms with Crippen molar-refractivity contribution in [2.24, 2.45) is 17.8 Å². The fourth-order valence-corrected chi connectivity index (χ4v) is 3.93. The van der Waals surface area contributed by atoms with Crippen LogP contribution in [-0.2, 0) is 11.2 Å². The second-order valence-corrected chi connectivity index (χ2v) is 7.61. The standard InChI is InChI=1S/C19H30N2O4/c1-12(2)15-6-4-13(3)11-19(15,24)18(23)20-9-8-14-5-7-17(22)16(10-14)21-25/h5,7,10,12-13,15,21-22,24-25H,4,6,8-9,11H2,1-3H3,(H,20,23)/p-1/t13-,15+,19+/m1/s1. The molecule has 1 amide bonds. The molecule has 0 radical (unpaired) electrons. The van der Waals surface area contributed by atoms with Crippen LogP contribution in [0.1, 0.15) is 45.6 Å². The molecule has 4 N–H and O–H groups in total. The van der Waals surface area contributed by atoms with Crippen LogP contribution in [0.4, 0.5) is 5.69 Å². The molecule has 1 aromatic carbocycles. The van der Waals surface area contributed by atoms with Crippen LogP contribution in [0.15, 0.2) is 18.2 Å². The highest BCUT2D eigenvalue weighted by Gasteiger charge is 2.48. The first-order valence-electron chi connectivity index (χ1n) is 8.98. The Hall–Kier alpha value is -1.79. The highest BCUT2D eigenvalue weighted by molar-refractivity contribution is 5.85. The van der Waals surface area contributed by atoms with E-state index in [2.05, 4.69) is 12.2 Å². The van der Waals surface area contributed by atoms with Gasteiger partial charge in [0.05, 0.1) is 5.69 Å². The second-order valence-electron chi connectivity index (χ2n) is 7.61. The number of hydrogen-bond donors (Lipinski definition) is 4. The number of nitrogens with one attached hydrogen (secondary N) is 2. The minimum Gasteiger partial charge on any atom is -0.871 e. The summed E-state index contributed by atoms with van der Waals surface area (Å²) in [6.07, 6.45) is 2.90. The number of hydrogen-bond acceptors (Lipinski definition) is 5. The number of carbonyl (C=O) groups is 1. The number of amides is 1. The molecule has 6 nitrogen and oxygen atoms in total. The van der Waals surface area contributed by atoms with E-state index < -0.39 is 5.60 Å². The Morgan fingerprint density at radius 3 is 2.76 bits per heavy atom. The number of aliphatic hydroxyl groups is 1. The van der Waals surface area contributed by atoms with E-state index in [1.807, 2.05) is 19.3 Å². The number of carbonyl (C=O) groups excluding carboxylic acids is 1. The normalized spacial score (nSPS) is 26.5. The van der Waals surface area contributed by atoms with Crippen molar-refractivity contribution in [2.45, 2.75) is 52.1 Å². The van der Waals surface area contributed by atoms with E-state index in [-0.39, 0.29) is 29.2 Å². The van der Waals surface area contributed by atoms with E-state index in [0.717, 1.165) is 18.4 Å².